The third-order valence-electron chi connectivity index (χ3n) is 5.79. The Kier molecular flexibility index (Phi) is 6.29. The van der Waals surface area contributed by atoms with Gasteiger partial charge in [-0.3, -0.25) is 25.2 Å². The summed E-state index contributed by atoms with van der Waals surface area (Å²) in [4.78, 5) is 38.6. The van der Waals surface area contributed by atoms with Gasteiger partial charge in [-0.25, -0.2) is 9.07 Å². The lowest BCUT2D eigenvalue weighted by Gasteiger charge is -2.19. The first-order chi connectivity index (χ1) is 15.0. The molecule has 0 spiro atoms. The predicted octanol–water partition coefficient (Wildman–Crippen LogP) is 2.05. The minimum Gasteiger partial charge on any atom is -0.333 e. The van der Waals surface area contributed by atoms with Crippen molar-refractivity contribution < 1.29 is 18.8 Å². The second kappa shape index (κ2) is 9.28. The van der Waals surface area contributed by atoms with Crippen LogP contribution < -0.4 is 10.9 Å². The van der Waals surface area contributed by atoms with Crippen LogP contribution in [0, 0.1) is 5.82 Å². The highest BCUT2D eigenvalue weighted by atomic mass is 19.1. The fraction of sp³-hybridized carbons (Fsp3) is 0.455. The van der Waals surface area contributed by atoms with Crippen molar-refractivity contribution in [3.63, 3.8) is 0 Å². The number of benzene rings is 1. The molecule has 4 rings (SSSR count). The van der Waals surface area contributed by atoms with Crippen molar-refractivity contribution in [3.05, 3.63) is 47.0 Å². The topological polar surface area (TPSA) is 96.3 Å². The van der Waals surface area contributed by atoms with Gasteiger partial charge in [-0.15, -0.1) is 0 Å². The Hall–Kier alpha value is -3.23. The van der Waals surface area contributed by atoms with Crippen molar-refractivity contribution in [3.8, 4) is 5.69 Å². The maximum atomic E-state index is 13.3. The lowest BCUT2D eigenvalue weighted by atomic mass is 9.95. The summed E-state index contributed by atoms with van der Waals surface area (Å²) in [6.07, 6.45) is 6.57. The standard InChI is InChI=1S/C22H26FN5O3/c23-15-9-11-16(12-10-15)28-18-7-4-3-6-17(18)21(26-28)22(31)25-24-19(29)14-27-13-5-1-2-8-20(27)30/h9-12H,1-8,13-14H2,(H,24,29)(H,25,31). The van der Waals surface area contributed by atoms with E-state index in [1.807, 2.05) is 0 Å². The number of hydrogen-bond acceptors (Lipinski definition) is 4. The zero-order valence-electron chi connectivity index (χ0n) is 17.3. The first-order valence-electron chi connectivity index (χ1n) is 10.8. The molecule has 1 aliphatic heterocycles. The summed E-state index contributed by atoms with van der Waals surface area (Å²) in [5.74, 6) is -1.33. The molecule has 2 heterocycles. The molecule has 3 amide bonds. The molecule has 8 nitrogen and oxygen atoms in total. The maximum absolute atomic E-state index is 13.3. The third kappa shape index (κ3) is 4.76. The molecule has 1 aliphatic carbocycles. The minimum absolute atomic E-state index is 0.0360. The van der Waals surface area contributed by atoms with Crippen molar-refractivity contribution in [2.75, 3.05) is 13.1 Å². The number of nitrogens with zero attached hydrogens (tertiary/aromatic N) is 3. The Morgan fingerprint density at radius 1 is 0.968 bits per heavy atom. The van der Waals surface area contributed by atoms with E-state index in [4.69, 9.17) is 0 Å². The Balaban J connectivity index is 1.45. The van der Waals surface area contributed by atoms with Crippen LogP contribution in [-0.4, -0.2) is 45.5 Å². The zero-order valence-corrected chi connectivity index (χ0v) is 17.3. The molecule has 0 atom stereocenters. The van der Waals surface area contributed by atoms with Gasteiger partial charge in [0.25, 0.3) is 11.8 Å². The van der Waals surface area contributed by atoms with Crippen molar-refractivity contribution in [2.24, 2.45) is 0 Å². The van der Waals surface area contributed by atoms with E-state index in [1.165, 1.54) is 17.0 Å². The Labute approximate surface area is 179 Å². The van der Waals surface area contributed by atoms with E-state index in [0.29, 0.717) is 18.7 Å². The highest BCUT2D eigenvalue weighted by molar-refractivity contribution is 5.95. The van der Waals surface area contributed by atoms with Crippen LogP contribution in [0.2, 0.25) is 0 Å². The van der Waals surface area contributed by atoms with Crippen LogP contribution in [0.1, 0.15) is 60.3 Å². The summed E-state index contributed by atoms with van der Waals surface area (Å²) in [6, 6.07) is 5.96. The highest BCUT2D eigenvalue weighted by Gasteiger charge is 2.26. The van der Waals surface area contributed by atoms with E-state index in [-0.39, 0.29) is 24.0 Å². The van der Waals surface area contributed by atoms with Crippen LogP contribution in [0.25, 0.3) is 5.69 Å². The number of carbonyl (C=O) groups excluding carboxylic acids is 3. The molecular formula is C22H26FN5O3. The molecule has 0 unspecified atom stereocenters. The fourth-order valence-electron chi connectivity index (χ4n) is 4.18. The van der Waals surface area contributed by atoms with Gasteiger partial charge in [0, 0.05) is 24.2 Å². The number of aromatic nitrogens is 2. The Bertz CT molecular complexity index is 986. The number of hydrazine groups is 1. The van der Waals surface area contributed by atoms with Crippen LogP contribution in [0.4, 0.5) is 4.39 Å². The molecule has 9 heteroatoms. The van der Waals surface area contributed by atoms with Gasteiger partial charge in [-0.05, 0) is 62.8 Å². The molecule has 31 heavy (non-hydrogen) atoms. The van der Waals surface area contributed by atoms with Gasteiger partial charge in [-0.1, -0.05) is 6.42 Å². The quantitative estimate of drug-likeness (QED) is 0.730. The predicted molar refractivity (Wildman–Crippen MR) is 111 cm³/mol. The molecule has 0 bridgehead atoms. The molecule has 1 saturated heterocycles. The number of carbonyl (C=O) groups is 3. The van der Waals surface area contributed by atoms with Gasteiger partial charge >= 0.3 is 0 Å². The SMILES string of the molecule is O=C(CN1CCCCCC1=O)NNC(=O)c1nn(-c2ccc(F)cc2)c2c1CCCC2. The number of likely N-dealkylation sites (tertiary alicyclic amines) is 1. The third-order valence-corrected chi connectivity index (χ3v) is 5.79. The summed E-state index contributed by atoms with van der Waals surface area (Å²) in [6.45, 7) is 0.469. The van der Waals surface area contributed by atoms with Gasteiger partial charge in [-0.2, -0.15) is 5.10 Å². The molecule has 0 saturated carbocycles. The largest absolute Gasteiger partial charge is 0.333 e. The summed E-state index contributed by atoms with van der Waals surface area (Å²) >= 11 is 0. The number of hydrogen-bond donors (Lipinski definition) is 2. The second-order valence-electron chi connectivity index (χ2n) is 8.00. The van der Waals surface area contributed by atoms with Crippen LogP contribution in [0.3, 0.4) is 0 Å². The molecule has 1 aromatic heterocycles. The normalized spacial score (nSPS) is 16.4. The smallest absolute Gasteiger partial charge is 0.290 e. The molecule has 1 aromatic carbocycles. The van der Waals surface area contributed by atoms with Crippen LogP contribution >= 0.6 is 0 Å². The second-order valence-corrected chi connectivity index (χ2v) is 8.00. The van der Waals surface area contributed by atoms with E-state index in [9.17, 15) is 18.8 Å². The fourth-order valence-corrected chi connectivity index (χ4v) is 4.18. The zero-order chi connectivity index (χ0) is 21.8. The Morgan fingerprint density at radius 3 is 2.52 bits per heavy atom. The Morgan fingerprint density at radius 2 is 1.71 bits per heavy atom. The van der Waals surface area contributed by atoms with E-state index < -0.39 is 11.8 Å². The van der Waals surface area contributed by atoms with Crippen molar-refractivity contribution in [1.29, 1.82) is 0 Å². The van der Waals surface area contributed by atoms with Gasteiger partial charge in [0.1, 0.15) is 12.4 Å². The van der Waals surface area contributed by atoms with E-state index >= 15 is 0 Å². The molecule has 2 N–H and O–H groups in total. The number of rotatable bonds is 4. The average molecular weight is 427 g/mol. The van der Waals surface area contributed by atoms with E-state index in [1.54, 1.807) is 16.8 Å². The number of nitrogens with one attached hydrogen (secondary N) is 2. The number of halogens is 1. The van der Waals surface area contributed by atoms with Gasteiger partial charge in [0.05, 0.1) is 5.69 Å². The van der Waals surface area contributed by atoms with Gasteiger partial charge < -0.3 is 4.90 Å². The van der Waals surface area contributed by atoms with Crippen molar-refractivity contribution in [1.82, 2.24) is 25.5 Å². The minimum atomic E-state index is -0.505. The monoisotopic (exact) mass is 427 g/mol. The molecular weight excluding hydrogens is 401 g/mol. The molecule has 164 valence electrons. The summed E-state index contributed by atoms with van der Waals surface area (Å²) < 4.78 is 15.0. The van der Waals surface area contributed by atoms with E-state index in [0.717, 1.165) is 56.2 Å². The molecule has 1 fully saturated rings. The number of fused-ring (bicyclic) bond motifs is 1. The highest BCUT2D eigenvalue weighted by Crippen LogP contribution is 2.27. The first-order valence-corrected chi connectivity index (χ1v) is 10.8. The summed E-state index contributed by atoms with van der Waals surface area (Å²) in [5, 5.41) is 4.48. The molecule has 0 radical (unpaired) electrons. The van der Waals surface area contributed by atoms with Crippen LogP contribution in [0.15, 0.2) is 24.3 Å². The maximum Gasteiger partial charge on any atom is 0.290 e. The lowest BCUT2D eigenvalue weighted by Crippen LogP contribution is -2.47. The average Bonchev–Trinajstić information content (AvgIpc) is 3.05. The lowest BCUT2D eigenvalue weighted by molar-refractivity contribution is -0.135. The van der Waals surface area contributed by atoms with Crippen LogP contribution in [0.5, 0.6) is 0 Å². The number of amides is 3. The van der Waals surface area contributed by atoms with Gasteiger partial charge in [0.15, 0.2) is 5.69 Å². The van der Waals surface area contributed by atoms with E-state index in [2.05, 4.69) is 16.0 Å². The molecule has 2 aromatic rings. The molecule has 2 aliphatic rings. The summed E-state index contributed by atoms with van der Waals surface area (Å²) in [5.41, 5.74) is 7.56. The van der Waals surface area contributed by atoms with Gasteiger partial charge in [0.2, 0.25) is 5.91 Å². The first kappa shape index (κ1) is 21.0. The van der Waals surface area contributed by atoms with Crippen LogP contribution in [-0.2, 0) is 22.4 Å². The van der Waals surface area contributed by atoms with Crippen molar-refractivity contribution >= 4 is 17.7 Å². The van der Waals surface area contributed by atoms with Crippen molar-refractivity contribution in [2.45, 2.75) is 51.4 Å². The summed E-state index contributed by atoms with van der Waals surface area (Å²) in [7, 11) is 0.